The van der Waals surface area contributed by atoms with Crippen LogP contribution in [0.3, 0.4) is 0 Å². The zero-order valence-corrected chi connectivity index (χ0v) is 22.7. The van der Waals surface area contributed by atoms with Gasteiger partial charge in [-0.3, -0.25) is 0 Å². The summed E-state index contributed by atoms with van der Waals surface area (Å²) in [4.78, 5) is 28.6. The number of fused-ring (bicyclic) bond motifs is 4. The molecule has 1 aliphatic carbocycles. The van der Waals surface area contributed by atoms with Gasteiger partial charge in [0.1, 0.15) is 17.1 Å². The van der Waals surface area contributed by atoms with Crippen LogP contribution in [-0.2, 0) is 17.7 Å². The highest BCUT2D eigenvalue weighted by atomic mass is 16.6. The topological polar surface area (TPSA) is 85.2 Å². The minimum atomic E-state index is -0.508. The van der Waals surface area contributed by atoms with E-state index in [1.807, 2.05) is 39.2 Å². The van der Waals surface area contributed by atoms with Crippen molar-refractivity contribution < 1.29 is 9.53 Å². The van der Waals surface area contributed by atoms with Crippen molar-refractivity contribution in [1.82, 2.24) is 24.4 Å². The van der Waals surface area contributed by atoms with Gasteiger partial charge in [-0.25, -0.2) is 14.8 Å². The van der Waals surface area contributed by atoms with Crippen LogP contribution >= 0.6 is 0 Å². The quantitative estimate of drug-likeness (QED) is 0.326. The fraction of sp³-hybridized carbons (Fsp3) is 0.467. The summed E-state index contributed by atoms with van der Waals surface area (Å²) in [7, 11) is 0. The molecule has 0 unspecified atom stereocenters. The summed E-state index contributed by atoms with van der Waals surface area (Å²) in [5.41, 5.74) is 3.92. The van der Waals surface area contributed by atoms with Gasteiger partial charge in [0, 0.05) is 35.8 Å². The van der Waals surface area contributed by atoms with Gasteiger partial charge in [-0.15, -0.1) is 0 Å². The number of amides is 1. The molecule has 38 heavy (non-hydrogen) atoms. The second kappa shape index (κ2) is 9.57. The van der Waals surface area contributed by atoms with Gasteiger partial charge in [0.05, 0.1) is 12.1 Å². The highest BCUT2D eigenvalue weighted by Crippen LogP contribution is 2.38. The zero-order chi connectivity index (χ0) is 26.4. The van der Waals surface area contributed by atoms with Crippen molar-refractivity contribution in [2.45, 2.75) is 78.0 Å². The second-order valence-electron chi connectivity index (χ2n) is 11.8. The molecule has 1 saturated carbocycles. The van der Waals surface area contributed by atoms with Crippen molar-refractivity contribution in [3.63, 3.8) is 0 Å². The molecular weight excluding hydrogens is 476 g/mol. The maximum Gasteiger partial charge on any atom is 0.410 e. The number of rotatable bonds is 3. The molecule has 1 aliphatic heterocycles. The van der Waals surface area contributed by atoms with Crippen LogP contribution < -0.4 is 5.32 Å². The van der Waals surface area contributed by atoms with E-state index in [9.17, 15) is 4.79 Å². The molecule has 2 aliphatic rings. The number of anilines is 2. The Morgan fingerprint density at radius 3 is 2.61 bits per heavy atom. The number of ether oxygens (including phenoxy) is 1. The lowest BCUT2D eigenvalue weighted by Crippen LogP contribution is -2.39. The van der Waals surface area contributed by atoms with Gasteiger partial charge in [0.2, 0.25) is 5.95 Å². The van der Waals surface area contributed by atoms with E-state index in [1.54, 1.807) is 4.90 Å². The van der Waals surface area contributed by atoms with Crippen LogP contribution in [0.2, 0.25) is 0 Å². The number of carbonyl (C=O) groups excluding carboxylic acids is 1. The molecule has 3 aromatic heterocycles. The SMILES string of the molecule is CC1CCC(n2c3ccccc3c3cnc(Nc4cc5c(cn4)CN(C(=O)OC(C)(C)C)CC5)nc32)CC1. The minimum Gasteiger partial charge on any atom is -0.444 e. The molecule has 0 bridgehead atoms. The minimum absolute atomic E-state index is 0.283. The second-order valence-corrected chi connectivity index (χ2v) is 11.8. The van der Waals surface area contributed by atoms with E-state index < -0.39 is 5.60 Å². The van der Waals surface area contributed by atoms with Gasteiger partial charge in [-0.1, -0.05) is 25.1 Å². The lowest BCUT2D eigenvalue weighted by Gasteiger charge is -2.31. The zero-order valence-electron chi connectivity index (χ0n) is 22.7. The molecule has 4 aromatic rings. The van der Waals surface area contributed by atoms with Crippen molar-refractivity contribution in [3.8, 4) is 0 Å². The van der Waals surface area contributed by atoms with Crippen LogP contribution in [-0.4, -0.2) is 42.7 Å². The standard InChI is InChI=1S/C30H36N6O2/c1-19-9-11-22(12-10-19)36-25-8-6-5-7-23(25)24-17-32-28(34-27(24)36)33-26-15-20-13-14-35(18-21(20)16-31-26)29(37)38-30(2,3)4/h5-8,15-17,19,22H,9-14,18H2,1-4H3,(H,31,32,33,34). The Morgan fingerprint density at radius 1 is 1.03 bits per heavy atom. The number of hydrogen-bond donors (Lipinski definition) is 1. The first kappa shape index (κ1) is 24.6. The first-order chi connectivity index (χ1) is 18.2. The number of nitrogens with one attached hydrogen (secondary N) is 1. The smallest absolute Gasteiger partial charge is 0.410 e. The van der Waals surface area contributed by atoms with E-state index in [2.05, 4.69) is 51.0 Å². The highest BCUT2D eigenvalue weighted by molar-refractivity contribution is 6.06. The van der Waals surface area contributed by atoms with Crippen molar-refractivity contribution in [1.29, 1.82) is 0 Å². The molecule has 8 heteroatoms. The number of nitrogens with zero attached hydrogens (tertiary/aromatic N) is 5. The van der Waals surface area contributed by atoms with Crippen LogP contribution in [0.15, 0.2) is 42.7 Å². The van der Waals surface area contributed by atoms with Gasteiger partial charge in [0.25, 0.3) is 0 Å². The van der Waals surface area contributed by atoms with Crippen LogP contribution in [0.25, 0.3) is 21.9 Å². The van der Waals surface area contributed by atoms with Crippen LogP contribution in [0.5, 0.6) is 0 Å². The normalized spacial score (nSPS) is 19.9. The summed E-state index contributed by atoms with van der Waals surface area (Å²) in [6, 6.07) is 11.1. The molecule has 6 rings (SSSR count). The number of carbonyl (C=O) groups is 1. The van der Waals surface area contributed by atoms with Crippen LogP contribution in [0.4, 0.5) is 16.6 Å². The predicted molar refractivity (Wildman–Crippen MR) is 150 cm³/mol. The Labute approximate surface area is 223 Å². The molecule has 4 heterocycles. The Bertz CT molecular complexity index is 1500. The predicted octanol–water partition coefficient (Wildman–Crippen LogP) is 6.77. The molecule has 0 atom stereocenters. The largest absolute Gasteiger partial charge is 0.444 e. The third kappa shape index (κ3) is 4.79. The van der Waals surface area contributed by atoms with E-state index >= 15 is 0 Å². The van der Waals surface area contributed by atoms with Gasteiger partial charge in [0.15, 0.2) is 0 Å². The van der Waals surface area contributed by atoms with Gasteiger partial charge >= 0.3 is 6.09 Å². The lowest BCUT2D eigenvalue weighted by atomic mass is 9.87. The highest BCUT2D eigenvalue weighted by Gasteiger charge is 2.27. The summed E-state index contributed by atoms with van der Waals surface area (Å²) in [5.74, 6) is 2.05. The summed E-state index contributed by atoms with van der Waals surface area (Å²) < 4.78 is 7.99. The average Bonchev–Trinajstić information content (AvgIpc) is 3.21. The molecule has 0 radical (unpaired) electrons. The summed E-state index contributed by atoms with van der Waals surface area (Å²) >= 11 is 0. The molecule has 198 valence electrons. The lowest BCUT2D eigenvalue weighted by molar-refractivity contribution is 0.0224. The van der Waals surface area contributed by atoms with Crippen LogP contribution in [0.1, 0.15) is 70.5 Å². The third-order valence-electron chi connectivity index (χ3n) is 7.79. The maximum atomic E-state index is 12.5. The van der Waals surface area contributed by atoms with E-state index in [4.69, 9.17) is 9.72 Å². The molecule has 1 amide bonds. The van der Waals surface area contributed by atoms with E-state index in [0.717, 1.165) is 28.9 Å². The average molecular weight is 513 g/mol. The Hall–Kier alpha value is -3.68. The number of benzene rings is 1. The Morgan fingerprint density at radius 2 is 1.82 bits per heavy atom. The first-order valence-electron chi connectivity index (χ1n) is 13.7. The third-order valence-corrected chi connectivity index (χ3v) is 7.79. The van der Waals surface area contributed by atoms with Crippen molar-refractivity contribution in [2.24, 2.45) is 5.92 Å². The summed E-state index contributed by atoms with van der Waals surface area (Å²) in [5, 5.41) is 5.63. The van der Waals surface area contributed by atoms with Gasteiger partial charge in [-0.05, 0) is 82.1 Å². The summed E-state index contributed by atoms with van der Waals surface area (Å²) in [6.07, 6.45) is 9.09. The molecule has 0 saturated heterocycles. The molecule has 0 spiro atoms. The number of para-hydroxylation sites is 1. The van der Waals surface area contributed by atoms with Gasteiger partial charge in [-0.2, -0.15) is 4.98 Å². The van der Waals surface area contributed by atoms with Crippen LogP contribution in [0, 0.1) is 5.92 Å². The number of pyridine rings is 1. The number of hydrogen-bond acceptors (Lipinski definition) is 6. The molecular formula is C30H36N6O2. The Kier molecular flexibility index (Phi) is 6.20. The van der Waals surface area contributed by atoms with E-state index in [1.165, 1.54) is 42.1 Å². The monoisotopic (exact) mass is 512 g/mol. The summed E-state index contributed by atoms with van der Waals surface area (Å²) in [6.45, 7) is 9.13. The number of aromatic nitrogens is 4. The maximum absolute atomic E-state index is 12.5. The fourth-order valence-electron chi connectivity index (χ4n) is 5.81. The first-order valence-corrected chi connectivity index (χ1v) is 13.7. The molecule has 1 fully saturated rings. The van der Waals surface area contributed by atoms with Crippen molar-refractivity contribution in [2.75, 3.05) is 11.9 Å². The molecule has 1 N–H and O–H groups in total. The van der Waals surface area contributed by atoms with Gasteiger partial charge < -0.3 is 19.5 Å². The van der Waals surface area contributed by atoms with E-state index in [-0.39, 0.29) is 6.09 Å². The van der Waals surface area contributed by atoms with E-state index in [0.29, 0.717) is 30.9 Å². The Balaban J connectivity index is 1.26. The van der Waals surface area contributed by atoms with Crippen molar-refractivity contribution in [3.05, 3.63) is 53.9 Å². The fourth-order valence-corrected chi connectivity index (χ4v) is 5.81. The molecule has 1 aromatic carbocycles. The molecule has 8 nitrogen and oxygen atoms in total. The van der Waals surface area contributed by atoms with Crippen molar-refractivity contribution >= 4 is 39.8 Å².